The molecule has 1 aromatic heterocycles. The van der Waals surface area contributed by atoms with Gasteiger partial charge in [0.25, 0.3) is 5.91 Å². The number of para-hydroxylation sites is 1. The summed E-state index contributed by atoms with van der Waals surface area (Å²) in [5.41, 5.74) is 0.540. The van der Waals surface area contributed by atoms with Crippen LogP contribution in [0.1, 0.15) is 20.1 Å². The molecule has 0 fully saturated rings. The normalized spacial score (nSPS) is 10.3. The smallest absolute Gasteiger partial charge is 0.253 e. The van der Waals surface area contributed by atoms with Crippen LogP contribution in [0.5, 0.6) is 0 Å². The summed E-state index contributed by atoms with van der Waals surface area (Å²) >= 11 is 1.63. The van der Waals surface area contributed by atoms with E-state index in [9.17, 15) is 9.18 Å². The van der Waals surface area contributed by atoms with Gasteiger partial charge in [0, 0.05) is 16.8 Å². The molecule has 1 heterocycles. The van der Waals surface area contributed by atoms with E-state index >= 15 is 0 Å². The Hall–Kier alpha value is -1.88. The van der Waals surface area contributed by atoms with E-state index in [1.807, 2.05) is 19.1 Å². The highest BCUT2D eigenvalue weighted by Crippen LogP contribution is 2.19. The number of rotatable bonds is 4. The van der Waals surface area contributed by atoms with Crippen LogP contribution in [0.25, 0.3) is 0 Å². The zero-order chi connectivity index (χ0) is 13.8. The quantitative estimate of drug-likeness (QED) is 0.902. The molecule has 0 spiro atoms. The van der Waals surface area contributed by atoms with Crippen LogP contribution in [0.4, 0.5) is 10.1 Å². The van der Waals surface area contributed by atoms with E-state index in [0.717, 1.165) is 4.88 Å². The van der Waals surface area contributed by atoms with Crippen molar-refractivity contribution in [1.82, 2.24) is 5.32 Å². The van der Waals surface area contributed by atoms with E-state index in [1.165, 1.54) is 17.0 Å². The number of benzene rings is 1. The van der Waals surface area contributed by atoms with Crippen molar-refractivity contribution in [3.05, 3.63) is 51.5 Å². The summed E-state index contributed by atoms with van der Waals surface area (Å²) in [4.78, 5) is 14.3. The van der Waals surface area contributed by atoms with Crippen LogP contribution < -0.4 is 10.6 Å². The molecular weight excluding hydrogens is 263 g/mol. The average Bonchev–Trinajstić information content (AvgIpc) is 2.81. The van der Waals surface area contributed by atoms with Gasteiger partial charge in [-0.25, -0.2) is 4.39 Å². The van der Waals surface area contributed by atoms with Crippen LogP contribution >= 0.6 is 11.3 Å². The summed E-state index contributed by atoms with van der Waals surface area (Å²) in [5, 5.41) is 5.51. The second kappa shape index (κ2) is 5.84. The molecule has 0 saturated heterocycles. The number of carbonyl (C=O) groups is 1. The third-order valence-electron chi connectivity index (χ3n) is 2.73. The Morgan fingerprint density at radius 3 is 2.74 bits per heavy atom. The molecule has 0 aliphatic heterocycles. The fourth-order valence-corrected chi connectivity index (χ4v) is 2.64. The van der Waals surface area contributed by atoms with Gasteiger partial charge in [-0.3, -0.25) is 4.79 Å². The molecule has 2 N–H and O–H groups in total. The maximum atomic E-state index is 13.5. The van der Waals surface area contributed by atoms with Crippen LogP contribution in [0.15, 0.2) is 30.3 Å². The molecular formula is C14H15FN2OS. The lowest BCUT2D eigenvalue weighted by Crippen LogP contribution is -2.23. The maximum absolute atomic E-state index is 13.5. The van der Waals surface area contributed by atoms with Gasteiger partial charge in [-0.15, -0.1) is 11.3 Å². The fraction of sp³-hybridized carbons (Fsp3) is 0.214. The lowest BCUT2D eigenvalue weighted by Gasteiger charge is -2.10. The molecule has 2 rings (SSSR count). The summed E-state index contributed by atoms with van der Waals surface area (Å²) in [6.07, 6.45) is 0. The molecule has 0 unspecified atom stereocenters. The Kier molecular flexibility index (Phi) is 4.16. The van der Waals surface area contributed by atoms with Gasteiger partial charge in [-0.2, -0.15) is 0 Å². The first-order valence-electron chi connectivity index (χ1n) is 5.91. The Morgan fingerprint density at radius 2 is 2.11 bits per heavy atom. The number of nitrogens with one attached hydrogen (secondary N) is 2. The van der Waals surface area contributed by atoms with Gasteiger partial charge in [0.2, 0.25) is 0 Å². The lowest BCUT2D eigenvalue weighted by molar-refractivity contribution is 0.0951. The van der Waals surface area contributed by atoms with E-state index in [-0.39, 0.29) is 11.6 Å². The molecule has 0 aliphatic rings. The van der Waals surface area contributed by atoms with Crippen LogP contribution in [-0.4, -0.2) is 13.0 Å². The first-order valence-corrected chi connectivity index (χ1v) is 6.73. The highest BCUT2D eigenvalue weighted by atomic mass is 32.1. The van der Waals surface area contributed by atoms with Crippen molar-refractivity contribution in [1.29, 1.82) is 0 Å². The Balaban J connectivity index is 2.10. The van der Waals surface area contributed by atoms with Crippen LogP contribution in [0.2, 0.25) is 0 Å². The van der Waals surface area contributed by atoms with Crippen molar-refractivity contribution in [2.45, 2.75) is 13.5 Å². The van der Waals surface area contributed by atoms with Crippen molar-refractivity contribution < 1.29 is 9.18 Å². The minimum absolute atomic E-state index is 0.224. The van der Waals surface area contributed by atoms with Crippen molar-refractivity contribution in [3.8, 4) is 0 Å². The molecule has 19 heavy (non-hydrogen) atoms. The highest BCUT2D eigenvalue weighted by molar-refractivity contribution is 7.11. The largest absolute Gasteiger partial charge is 0.385 e. The van der Waals surface area contributed by atoms with E-state index in [0.29, 0.717) is 12.1 Å². The number of thiophene rings is 1. The number of anilines is 1. The topological polar surface area (TPSA) is 41.1 Å². The Bertz CT molecular complexity index is 595. The predicted molar refractivity (Wildman–Crippen MR) is 76.2 cm³/mol. The van der Waals surface area contributed by atoms with Gasteiger partial charge in [-0.05, 0) is 31.2 Å². The fourth-order valence-electron chi connectivity index (χ4n) is 1.81. The van der Waals surface area contributed by atoms with Gasteiger partial charge in [-0.1, -0.05) is 6.07 Å². The van der Waals surface area contributed by atoms with Crippen molar-refractivity contribution in [3.63, 3.8) is 0 Å². The molecule has 0 atom stereocenters. The summed E-state index contributed by atoms with van der Waals surface area (Å²) in [5.74, 6) is -0.711. The highest BCUT2D eigenvalue weighted by Gasteiger charge is 2.13. The third-order valence-corrected chi connectivity index (χ3v) is 3.73. The Labute approximate surface area is 115 Å². The number of halogens is 1. The van der Waals surface area contributed by atoms with Crippen LogP contribution in [0, 0.1) is 12.7 Å². The Morgan fingerprint density at radius 1 is 1.32 bits per heavy atom. The van der Waals surface area contributed by atoms with Crippen LogP contribution in [0.3, 0.4) is 0 Å². The van der Waals surface area contributed by atoms with E-state index < -0.39 is 5.82 Å². The van der Waals surface area contributed by atoms with Gasteiger partial charge in [0.15, 0.2) is 0 Å². The number of amides is 1. The second-order valence-electron chi connectivity index (χ2n) is 4.11. The molecule has 100 valence electrons. The molecule has 1 amide bonds. The molecule has 2 aromatic rings. The third kappa shape index (κ3) is 3.12. The summed E-state index contributed by atoms with van der Waals surface area (Å²) in [6.45, 7) is 2.47. The van der Waals surface area contributed by atoms with Crippen molar-refractivity contribution in [2.24, 2.45) is 0 Å². The van der Waals surface area contributed by atoms with Gasteiger partial charge < -0.3 is 10.6 Å². The zero-order valence-electron chi connectivity index (χ0n) is 10.8. The molecule has 3 nitrogen and oxygen atoms in total. The number of hydrogen-bond donors (Lipinski definition) is 2. The average molecular weight is 278 g/mol. The SMILES string of the molecule is CNc1c(F)cccc1C(=O)NCc1ccc(C)s1. The van der Waals surface area contributed by atoms with Gasteiger partial charge >= 0.3 is 0 Å². The first kappa shape index (κ1) is 13.5. The molecule has 1 aromatic carbocycles. The maximum Gasteiger partial charge on any atom is 0.253 e. The van der Waals surface area contributed by atoms with Gasteiger partial charge in [0.05, 0.1) is 17.8 Å². The number of hydrogen-bond acceptors (Lipinski definition) is 3. The standard InChI is InChI=1S/C14H15FN2OS/c1-9-6-7-10(19-9)8-17-14(18)11-4-3-5-12(15)13(11)16-2/h3-7,16H,8H2,1-2H3,(H,17,18). The molecule has 0 bridgehead atoms. The number of carbonyl (C=O) groups excluding carboxylic acids is 1. The first-order chi connectivity index (χ1) is 9.11. The molecule has 0 radical (unpaired) electrons. The minimum atomic E-state index is -0.429. The molecule has 0 saturated carbocycles. The number of aryl methyl sites for hydroxylation is 1. The van der Waals surface area contributed by atoms with Crippen LogP contribution in [-0.2, 0) is 6.54 Å². The van der Waals surface area contributed by atoms with E-state index in [4.69, 9.17) is 0 Å². The second-order valence-corrected chi connectivity index (χ2v) is 5.48. The zero-order valence-corrected chi connectivity index (χ0v) is 11.6. The summed E-state index contributed by atoms with van der Waals surface area (Å²) in [7, 11) is 1.60. The predicted octanol–water partition coefficient (Wildman–Crippen LogP) is 3.17. The lowest BCUT2D eigenvalue weighted by atomic mass is 10.1. The molecule has 0 aliphatic carbocycles. The minimum Gasteiger partial charge on any atom is -0.385 e. The summed E-state index contributed by atoms with van der Waals surface area (Å²) < 4.78 is 13.5. The van der Waals surface area contributed by atoms with Crippen molar-refractivity contribution in [2.75, 3.05) is 12.4 Å². The van der Waals surface area contributed by atoms with Gasteiger partial charge in [0.1, 0.15) is 5.82 Å². The molecule has 5 heteroatoms. The van der Waals surface area contributed by atoms with E-state index in [2.05, 4.69) is 10.6 Å². The monoisotopic (exact) mass is 278 g/mol. The van der Waals surface area contributed by atoms with Crippen molar-refractivity contribution >= 4 is 22.9 Å². The van der Waals surface area contributed by atoms with E-state index in [1.54, 1.807) is 24.5 Å². The summed E-state index contributed by atoms with van der Waals surface area (Å²) in [6, 6.07) is 8.44.